The molecule has 0 aliphatic carbocycles. The molecule has 0 rings (SSSR count). The summed E-state index contributed by atoms with van der Waals surface area (Å²) >= 11 is 0. The quantitative estimate of drug-likeness (QED) is 0.659. The van der Waals surface area contributed by atoms with Gasteiger partial charge in [0.15, 0.2) is 0 Å². The van der Waals surface area contributed by atoms with E-state index in [0.717, 1.165) is 13.0 Å². The van der Waals surface area contributed by atoms with Gasteiger partial charge in [0.05, 0.1) is 0 Å². The molecule has 0 spiro atoms. The average molecular weight is 273 g/mol. The predicted molar refractivity (Wildman–Crippen MR) is 75.2 cm³/mol. The minimum absolute atomic E-state index is 0.0964. The fourth-order valence-electron chi connectivity index (χ4n) is 1.59. The van der Waals surface area contributed by atoms with E-state index in [1.807, 2.05) is 21.0 Å². The Labute approximate surface area is 115 Å². The van der Waals surface area contributed by atoms with Crippen molar-refractivity contribution in [3.8, 4) is 0 Å². The molecule has 0 aliphatic rings. The van der Waals surface area contributed by atoms with Gasteiger partial charge >= 0.3 is 12.0 Å². The van der Waals surface area contributed by atoms with Crippen LogP contribution in [-0.2, 0) is 4.79 Å². The van der Waals surface area contributed by atoms with Gasteiger partial charge < -0.3 is 20.2 Å². The Morgan fingerprint density at radius 3 is 2.37 bits per heavy atom. The number of carbonyl (C=O) groups is 2. The molecule has 0 heterocycles. The van der Waals surface area contributed by atoms with Gasteiger partial charge in [-0.15, -0.1) is 0 Å². The number of rotatable bonds is 9. The Hall–Kier alpha value is -1.30. The summed E-state index contributed by atoms with van der Waals surface area (Å²) in [5.41, 5.74) is 0. The standard InChI is InChI=1S/C13H27N3O3/c1-11(6-7-12(17)18)10-14-13(19)16(4)9-5-8-15(2)3/h11H,5-10H2,1-4H3,(H,14,19)(H,17,18). The maximum Gasteiger partial charge on any atom is 0.317 e. The molecule has 0 aromatic rings. The number of hydrogen-bond acceptors (Lipinski definition) is 3. The van der Waals surface area contributed by atoms with E-state index < -0.39 is 5.97 Å². The summed E-state index contributed by atoms with van der Waals surface area (Å²) in [5, 5.41) is 11.4. The molecule has 112 valence electrons. The first-order chi connectivity index (χ1) is 8.82. The van der Waals surface area contributed by atoms with E-state index in [-0.39, 0.29) is 18.4 Å². The van der Waals surface area contributed by atoms with E-state index in [4.69, 9.17) is 5.11 Å². The molecular formula is C13H27N3O3. The second-order valence-corrected chi connectivity index (χ2v) is 5.30. The molecule has 2 N–H and O–H groups in total. The third-order valence-corrected chi connectivity index (χ3v) is 2.90. The number of nitrogens with zero attached hydrogens (tertiary/aromatic N) is 2. The van der Waals surface area contributed by atoms with Gasteiger partial charge in [-0.3, -0.25) is 4.79 Å². The number of carbonyl (C=O) groups excluding carboxylic acids is 1. The van der Waals surface area contributed by atoms with E-state index in [1.165, 1.54) is 0 Å². The van der Waals surface area contributed by atoms with Crippen molar-refractivity contribution < 1.29 is 14.7 Å². The Morgan fingerprint density at radius 2 is 1.84 bits per heavy atom. The van der Waals surface area contributed by atoms with Crippen molar-refractivity contribution in [2.45, 2.75) is 26.2 Å². The van der Waals surface area contributed by atoms with Crippen molar-refractivity contribution in [1.82, 2.24) is 15.1 Å². The Bertz CT molecular complexity index is 282. The zero-order chi connectivity index (χ0) is 14.8. The highest BCUT2D eigenvalue weighted by molar-refractivity contribution is 5.73. The number of carboxylic acid groups (broad SMARTS) is 1. The van der Waals surface area contributed by atoms with Crippen molar-refractivity contribution in [2.24, 2.45) is 5.92 Å². The number of carboxylic acids is 1. The van der Waals surface area contributed by atoms with Crippen LogP contribution in [0.2, 0.25) is 0 Å². The monoisotopic (exact) mass is 273 g/mol. The van der Waals surface area contributed by atoms with E-state index in [0.29, 0.717) is 19.5 Å². The highest BCUT2D eigenvalue weighted by atomic mass is 16.4. The molecule has 0 saturated carbocycles. The molecule has 0 fully saturated rings. The smallest absolute Gasteiger partial charge is 0.317 e. The Kier molecular flexibility index (Phi) is 8.95. The first-order valence-electron chi connectivity index (χ1n) is 6.68. The molecule has 6 nitrogen and oxygen atoms in total. The third kappa shape index (κ3) is 10.3. The van der Waals surface area contributed by atoms with Crippen LogP contribution < -0.4 is 5.32 Å². The lowest BCUT2D eigenvalue weighted by atomic mass is 10.1. The van der Waals surface area contributed by atoms with Gasteiger partial charge in [0.1, 0.15) is 0 Å². The lowest BCUT2D eigenvalue weighted by Crippen LogP contribution is -2.40. The van der Waals surface area contributed by atoms with Gasteiger partial charge in [-0.2, -0.15) is 0 Å². The van der Waals surface area contributed by atoms with Gasteiger partial charge in [0, 0.05) is 26.6 Å². The summed E-state index contributed by atoms with van der Waals surface area (Å²) in [5.74, 6) is -0.616. The summed E-state index contributed by atoms with van der Waals surface area (Å²) in [7, 11) is 5.78. The number of amides is 2. The van der Waals surface area contributed by atoms with Gasteiger partial charge in [0.25, 0.3) is 0 Å². The maximum absolute atomic E-state index is 11.7. The van der Waals surface area contributed by atoms with Crippen molar-refractivity contribution >= 4 is 12.0 Å². The van der Waals surface area contributed by atoms with Crippen LogP contribution in [0.5, 0.6) is 0 Å². The second kappa shape index (κ2) is 9.61. The highest BCUT2D eigenvalue weighted by Crippen LogP contribution is 2.04. The summed E-state index contributed by atoms with van der Waals surface area (Å²) in [6.45, 7) is 4.12. The van der Waals surface area contributed by atoms with Crippen LogP contribution in [0.1, 0.15) is 26.2 Å². The molecule has 19 heavy (non-hydrogen) atoms. The van der Waals surface area contributed by atoms with Gasteiger partial charge in [0.2, 0.25) is 0 Å². The molecule has 1 atom stereocenters. The van der Waals surface area contributed by atoms with Gasteiger partial charge in [-0.25, -0.2) is 4.79 Å². The fourth-order valence-corrected chi connectivity index (χ4v) is 1.59. The van der Waals surface area contributed by atoms with Crippen LogP contribution in [0.15, 0.2) is 0 Å². The zero-order valence-electron chi connectivity index (χ0n) is 12.5. The first-order valence-corrected chi connectivity index (χ1v) is 6.68. The summed E-state index contributed by atoms with van der Waals surface area (Å²) < 4.78 is 0. The van der Waals surface area contributed by atoms with Crippen LogP contribution in [0.3, 0.4) is 0 Å². The Balaban J connectivity index is 3.74. The average Bonchev–Trinajstić information content (AvgIpc) is 2.32. The van der Waals surface area contributed by atoms with Gasteiger partial charge in [-0.05, 0) is 39.4 Å². The molecule has 0 aromatic carbocycles. The number of urea groups is 1. The van der Waals surface area contributed by atoms with Crippen LogP contribution in [0.25, 0.3) is 0 Å². The number of hydrogen-bond donors (Lipinski definition) is 2. The minimum atomic E-state index is -0.793. The molecule has 0 saturated heterocycles. The molecular weight excluding hydrogens is 246 g/mol. The third-order valence-electron chi connectivity index (χ3n) is 2.90. The maximum atomic E-state index is 11.7. The minimum Gasteiger partial charge on any atom is -0.481 e. The molecule has 1 unspecified atom stereocenters. The number of aliphatic carboxylic acids is 1. The largest absolute Gasteiger partial charge is 0.481 e. The van der Waals surface area contributed by atoms with Crippen LogP contribution >= 0.6 is 0 Å². The van der Waals surface area contributed by atoms with Crippen molar-refractivity contribution in [3.63, 3.8) is 0 Å². The van der Waals surface area contributed by atoms with Crippen LogP contribution in [-0.4, -0.2) is 67.7 Å². The molecule has 2 amide bonds. The molecule has 0 bridgehead atoms. The molecule has 0 aliphatic heterocycles. The van der Waals surface area contributed by atoms with E-state index in [9.17, 15) is 9.59 Å². The summed E-state index contributed by atoms with van der Waals surface area (Å²) in [6, 6.07) is -0.0964. The second-order valence-electron chi connectivity index (χ2n) is 5.30. The van der Waals surface area contributed by atoms with Crippen LogP contribution in [0, 0.1) is 5.92 Å². The predicted octanol–water partition coefficient (Wildman–Crippen LogP) is 1.08. The van der Waals surface area contributed by atoms with Crippen LogP contribution in [0.4, 0.5) is 4.79 Å². The fraction of sp³-hybridized carbons (Fsp3) is 0.846. The highest BCUT2D eigenvalue weighted by Gasteiger charge is 2.10. The van der Waals surface area contributed by atoms with E-state index >= 15 is 0 Å². The lowest BCUT2D eigenvalue weighted by molar-refractivity contribution is -0.137. The van der Waals surface area contributed by atoms with Crippen molar-refractivity contribution in [1.29, 1.82) is 0 Å². The van der Waals surface area contributed by atoms with E-state index in [2.05, 4.69) is 10.2 Å². The summed E-state index contributed by atoms with van der Waals surface area (Å²) in [6.07, 6.45) is 1.67. The van der Waals surface area contributed by atoms with Gasteiger partial charge in [-0.1, -0.05) is 6.92 Å². The van der Waals surface area contributed by atoms with Crippen molar-refractivity contribution in [2.75, 3.05) is 40.8 Å². The Morgan fingerprint density at radius 1 is 1.21 bits per heavy atom. The number of nitrogens with one attached hydrogen (secondary N) is 1. The van der Waals surface area contributed by atoms with E-state index in [1.54, 1.807) is 11.9 Å². The topological polar surface area (TPSA) is 72.9 Å². The molecule has 6 heteroatoms. The zero-order valence-corrected chi connectivity index (χ0v) is 12.5. The lowest BCUT2D eigenvalue weighted by Gasteiger charge is -2.20. The van der Waals surface area contributed by atoms with Crippen molar-refractivity contribution in [3.05, 3.63) is 0 Å². The first kappa shape index (κ1) is 17.7. The molecule has 0 radical (unpaired) electrons. The molecule has 0 aromatic heterocycles. The normalized spacial score (nSPS) is 12.3. The summed E-state index contributed by atoms with van der Waals surface area (Å²) in [4.78, 5) is 25.9. The SMILES string of the molecule is CC(CCC(=O)O)CNC(=O)N(C)CCCN(C)C.